The van der Waals surface area contributed by atoms with Crippen molar-refractivity contribution in [1.29, 1.82) is 0 Å². The molecule has 4 aromatic heterocycles. The van der Waals surface area contributed by atoms with E-state index < -0.39 is 92.9 Å². The fourth-order valence-corrected chi connectivity index (χ4v) is 7.87. The van der Waals surface area contributed by atoms with Crippen LogP contribution < -0.4 is 0 Å². The number of hydrogen-bond acceptors (Lipinski definition) is 7. The van der Waals surface area contributed by atoms with Gasteiger partial charge in [-0.05, 0) is 87.4 Å². The Morgan fingerprint density at radius 2 is 1.76 bits per heavy atom. The second-order valence-electron chi connectivity index (χ2n) is 15.0. The monoisotopic (exact) mass is 768 g/mol. The van der Waals surface area contributed by atoms with Crippen molar-refractivity contribution in [3.63, 3.8) is 0 Å². The lowest BCUT2D eigenvalue weighted by Crippen LogP contribution is -2.24. The zero-order valence-electron chi connectivity index (χ0n) is 29.5. The lowest BCUT2D eigenvalue weighted by molar-refractivity contribution is -0.120. The molecule has 16 heteroatoms. The van der Waals surface area contributed by atoms with Gasteiger partial charge in [0.2, 0.25) is 0 Å². The van der Waals surface area contributed by atoms with Crippen molar-refractivity contribution in [2.45, 2.75) is 76.5 Å². The van der Waals surface area contributed by atoms with Crippen LogP contribution in [0.4, 0.5) is 26.3 Å². The van der Waals surface area contributed by atoms with Crippen LogP contribution in [0.5, 0.6) is 0 Å². The summed E-state index contributed by atoms with van der Waals surface area (Å²) in [6.07, 6.45) is -1.01. The summed E-state index contributed by atoms with van der Waals surface area (Å²) in [4.78, 5) is 18.8. The Labute approximate surface area is 306 Å². The number of sulfone groups is 1. The van der Waals surface area contributed by atoms with Crippen molar-refractivity contribution in [2.24, 2.45) is 11.3 Å². The lowest BCUT2D eigenvalue weighted by Gasteiger charge is -2.21. The van der Waals surface area contributed by atoms with Crippen molar-refractivity contribution in [2.75, 3.05) is 6.26 Å². The molecule has 0 aliphatic heterocycles. The first kappa shape index (κ1) is 37.3. The van der Waals surface area contributed by atoms with Crippen molar-refractivity contribution >= 4 is 21.3 Å². The maximum absolute atomic E-state index is 15.4. The minimum absolute atomic E-state index is 0.0586. The molecule has 2 aliphatic rings. The lowest BCUT2D eigenvalue weighted by atomic mass is 9.86. The van der Waals surface area contributed by atoms with Crippen LogP contribution in [-0.2, 0) is 39.3 Å². The number of aromatic nitrogens is 6. The van der Waals surface area contributed by atoms with Crippen molar-refractivity contribution in [3.8, 4) is 23.0 Å². The summed E-state index contributed by atoms with van der Waals surface area (Å²) in [5.41, 5.74) is -0.306. The van der Waals surface area contributed by atoms with Crippen LogP contribution in [0.25, 0.3) is 16.8 Å². The summed E-state index contributed by atoms with van der Waals surface area (Å²) in [5.74, 6) is -2.84. The van der Waals surface area contributed by atoms with Gasteiger partial charge in [0.05, 0.1) is 5.69 Å². The van der Waals surface area contributed by atoms with E-state index in [9.17, 15) is 30.8 Å². The highest BCUT2D eigenvalue weighted by molar-refractivity contribution is 7.89. The van der Waals surface area contributed by atoms with Crippen LogP contribution >= 0.6 is 0 Å². The van der Waals surface area contributed by atoms with Crippen molar-refractivity contribution in [1.82, 2.24) is 29.4 Å². The summed E-state index contributed by atoms with van der Waals surface area (Å²) in [5, 5.41) is 12.1. The second kappa shape index (κ2) is 13.4. The number of hydrogen-bond donors (Lipinski definition) is 0. The fraction of sp³-hybridized carbons (Fsp3) is 0.395. The normalized spacial score (nSPS) is 18.0. The Hall–Kier alpha value is -5.04. The standard InChI is InChI=1S/C38H34F6N6O3S/c1-37(2,3)10-9-24-7-8-26(27-6-5-11-49-30(19-54(4,52)53)46-47-36(27)49)32(45-24)21(12-20-13-22(39)16-23(40)14-20)15-25(51)18-50-34-31(33(48-50)35(41)42)28-17-29(28)38(34,43)44/h5-8,11,13-14,16,21,28-29,35H,12,15,17-19H2,1-4H3/t21-,28+,29-/m1/s1. The molecule has 282 valence electrons. The first-order valence-electron chi connectivity index (χ1n) is 17.1. The number of ketones is 1. The van der Waals surface area contributed by atoms with Gasteiger partial charge in [-0.1, -0.05) is 5.92 Å². The zero-order chi connectivity index (χ0) is 38.9. The first-order chi connectivity index (χ1) is 25.3. The number of carbonyl (C=O) groups excluding carboxylic acids is 1. The third kappa shape index (κ3) is 7.38. The van der Waals surface area contributed by atoms with Gasteiger partial charge in [-0.2, -0.15) is 13.9 Å². The Balaban J connectivity index is 1.35. The number of alkyl halides is 4. The predicted octanol–water partition coefficient (Wildman–Crippen LogP) is 7.34. The number of nitrogens with zero attached hydrogens (tertiary/aromatic N) is 6. The van der Waals surface area contributed by atoms with Gasteiger partial charge in [-0.25, -0.2) is 31.0 Å². The van der Waals surface area contributed by atoms with Gasteiger partial charge < -0.3 is 0 Å². The van der Waals surface area contributed by atoms with Crippen LogP contribution in [0, 0.1) is 34.8 Å². The zero-order valence-corrected chi connectivity index (χ0v) is 30.4. The highest BCUT2D eigenvalue weighted by atomic mass is 32.2. The summed E-state index contributed by atoms with van der Waals surface area (Å²) in [6.45, 7) is 4.93. The fourth-order valence-electron chi connectivity index (χ4n) is 7.20. The number of rotatable bonds is 11. The van der Waals surface area contributed by atoms with Crippen LogP contribution in [0.1, 0.15) is 91.6 Å². The molecule has 0 unspecified atom stereocenters. The number of carbonyl (C=O) groups is 1. The van der Waals surface area contributed by atoms with Gasteiger partial charge in [0.15, 0.2) is 27.1 Å². The summed E-state index contributed by atoms with van der Waals surface area (Å²) in [7, 11) is -3.50. The van der Waals surface area contributed by atoms with Gasteiger partial charge in [0.1, 0.15) is 41.0 Å². The largest absolute Gasteiger partial charge is 0.298 e. The average Bonchev–Trinajstić information content (AvgIpc) is 3.55. The molecule has 1 fully saturated rings. The van der Waals surface area contributed by atoms with Crippen LogP contribution in [-0.4, -0.2) is 49.8 Å². The number of benzene rings is 1. The predicted molar refractivity (Wildman–Crippen MR) is 185 cm³/mol. The van der Waals surface area contributed by atoms with E-state index in [2.05, 4.69) is 27.1 Å². The van der Waals surface area contributed by atoms with Crippen molar-refractivity contribution in [3.05, 3.63) is 100 Å². The molecule has 5 aromatic rings. The Bertz CT molecular complexity index is 2480. The van der Waals surface area contributed by atoms with Crippen LogP contribution in [0.15, 0.2) is 48.7 Å². The molecule has 54 heavy (non-hydrogen) atoms. The van der Waals surface area contributed by atoms with Gasteiger partial charge in [0, 0.05) is 58.9 Å². The molecule has 7 rings (SSSR count). The molecule has 3 atom stereocenters. The highest BCUT2D eigenvalue weighted by Crippen LogP contribution is 2.68. The number of fused-ring (bicyclic) bond motifs is 4. The molecule has 0 radical (unpaired) electrons. The molecule has 9 nitrogen and oxygen atoms in total. The summed E-state index contributed by atoms with van der Waals surface area (Å²) < 4.78 is 114. The third-order valence-electron chi connectivity index (χ3n) is 9.44. The topological polar surface area (TPSA) is 112 Å². The third-order valence-corrected chi connectivity index (χ3v) is 10.2. The van der Waals surface area contributed by atoms with Gasteiger partial charge in [-0.15, -0.1) is 10.2 Å². The first-order valence-corrected chi connectivity index (χ1v) is 19.1. The van der Waals surface area contributed by atoms with Crippen LogP contribution in [0.3, 0.4) is 0 Å². The van der Waals surface area contributed by atoms with E-state index in [1.165, 1.54) is 4.40 Å². The van der Waals surface area contributed by atoms with E-state index >= 15 is 8.78 Å². The van der Waals surface area contributed by atoms with E-state index in [1.807, 2.05) is 20.8 Å². The molecule has 0 N–H and O–H groups in total. The molecular weight excluding hydrogens is 735 g/mol. The average molecular weight is 769 g/mol. The van der Waals surface area contributed by atoms with E-state index in [-0.39, 0.29) is 41.1 Å². The van der Waals surface area contributed by atoms with Gasteiger partial charge in [-0.3, -0.25) is 13.9 Å². The van der Waals surface area contributed by atoms with Gasteiger partial charge in [0.25, 0.3) is 12.3 Å². The summed E-state index contributed by atoms with van der Waals surface area (Å²) in [6, 6.07) is 9.54. The Morgan fingerprint density at radius 1 is 1.04 bits per heavy atom. The van der Waals surface area contributed by atoms with Crippen LogP contribution in [0.2, 0.25) is 0 Å². The minimum atomic E-state index is -3.50. The highest BCUT2D eigenvalue weighted by Gasteiger charge is 2.67. The second-order valence-corrected chi connectivity index (χ2v) is 17.2. The molecule has 0 spiro atoms. The molecule has 4 heterocycles. The molecule has 1 saturated carbocycles. The number of halogens is 6. The smallest absolute Gasteiger partial charge is 0.293 e. The van der Waals surface area contributed by atoms with E-state index in [0.29, 0.717) is 27.6 Å². The van der Waals surface area contributed by atoms with Crippen molar-refractivity contribution < 1.29 is 39.6 Å². The van der Waals surface area contributed by atoms with E-state index in [4.69, 9.17) is 4.98 Å². The minimum Gasteiger partial charge on any atom is -0.298 e. The number of pyridine rings is 2. The van der Waals surface area contributed by atoms with E-state index in [1.54, 1.807) is 30.5 Å². The number of Topliss-reactive ketones (excluding diaryl/α,β-unsaturated/α-hetero) is 1. The maximum atomic E-state index is 15.4. The molecule has 0 bridgehead atoms. The van der Waals surface area contributed by atoms with Gasteiger partial charge >= 0.3 is 0 Å². The Morgan fingerprint density at radius 3 is 2.43 bits per heavy atom. The summed E-state index contributed by atoms with van der Waals surface area (Å²) >= 11 is 0. The molecule has 0 amide bonds. The van der Waals surface area contributed by atoms with E-state index in [0.717, 1.165) is 18.4 Å². The molecular formula is C38H34F6N6O3S. The SMILES string of the molecule is CC(C)(C)C#Cc1ccc(-c2cccn3c(CS(C)(=O)=O)nnc23)c([C@@H](CC(=O)Cn2nc(C(F)F)c3c2C(F)(F)[C@@H]2C[C@H]32)Cc2cc(F)cc(F)c2)n1. The Kier molecular flexibility index (Phi) is 9.23. The quantitative estimate of drug-likeness (QED) is 0.102. The molecule has 2 aliphatic carbocycles. The molecule has 1 aromatic carbocycles. The maximum Gasteiger partial charge on any atom is 0.293 e. The molecule has 0 saturated heterocycles.